The van der Waals surface area contributed by atoms with Crippen LogP contribution in [0.4, 0.5) is 9.93 Å². The molecule has 4 heterocycles. The molecule has 2 atom stereocenters. The van der Waals surface area contributed by atoms with Gasteiger partial charge in [-0.05, 0) is 71.4 Å². The zero-order chi connectivity index (χ0) is 37.9. The van der Waals surface area contributed by atoms with Gasteiger partial charge in [-0.1, -0.05) is 16.9 Å². The van der Waals surface area contributed by atoms with Crippen LogP contribution in [0, 0.1) is 0 Å². The van der Waals surface area contributed by atoms with Gasteiger partial charge in [0.1, 0.15) is 28.3 Å². The molecule has 23 heteroatoms. The Morgan fingerprint density at radius 2 is 1.78 bits per heavy atom. The Morgan fingerprint density at radius 1 is 1.10 bits per heavy atom. The van der Waals surface area contributed by atoms with Gasteiger partial charge in [0, 0.05) is 29.6 Å². The number of hydrogen-bond acceptors (Lipinski definition) is 18. The Kier molecular flexibility index (Phi) is 11.9. The molecule has 1 fully saturated rings. The molecule has 0 saturated carbocycles. The average molecular weight is 770 g/mol. The summed E-state index contributed by atoms with van der Waals surface area (Å²) in [6, 6.07) is -1.13. The number of β-lactam (4-membered cyclic amide) rings is 1. The first-order valence-electron chi connectivity index (χ1n) is 15.3. The van der Waals surface area contributed by atoms with Gasteiger partial charge in [0.2, 0.25) is 22.3 Å². The van der Waals surface area contributed by atoms with E-state index in [0.717, 1.165) is 28.2 Å². The van der Waals surface area contributed by atoms with Crippen LogP contribution in [0.15, 0.2) is 21.6 Å². The largest absolute Gasteiger partial charge is 0.477 e. The highest BCUT2D eigenvalue weighted by Crippen LogP contribution is 2.41. The number of rotatable bonds is 13. The molecule has 0 radical (unpaired) electrons. The molecule has 1 unspecified atom stereocenters. The number of ether oxygens (including phenoxy) is 2. The second-order valence-electron chi connectivity index (χ2n) is 13.5. The summed E-state index contributed by atoms with van der Waals surface area (Å²) in [6.45, 7) is 13.5. The molecule has 0 aliphatic carbocycles. The number of nitrogens with zero attached hydrogens (tertiary/aromatic N) is 8. The molecule has 0 spiro atoms. The van der Waals surface area contributed by atoms with Crippen molar-refractivity contribution in [2.24, 2.45) is 5.16 Å². The minimum Gasteiger partial charge on any atom is -0.477 e. The second-order valence-corrected chi connectivity index (χ2v) is 16.4. The van der Waals surface area contributed by atoms with Crippen molar-refractivity contribution in [1.29, 1.82) is 0 Å². The van der Waals surface area contributed by atoms with E-state index in [1.807, 2.05) is 0 Å². The maximum atomic E-state index is 13.5. The number of carboxylic acids is 1. The molecule has 0 aromatic carbocycles. The van der Waals surface area contributed by atoms with E-state index in [0.29, 0.717) is 10.7 Å². The number of hydrogen-bond donors (Lipinski definition) is 4. The van der Waals surface area contributed by atoms with Crippen molar-refractivity contribution in [2.45, 2.75) is 95.3 Å². The maximum Gasteiger partial charge on any atom is 0.407 e. The van der Waals surface area contributed by atoms with Gasteiger partial charge in [-0.3, -0.25) is 14.5 Å². The Bertz CT molecular complexity index is 1740. The summed E-state index contributed by atoms with van der Waals surface area (Å²) in [4.78, 5) is 74.5. The zero-order valence-electron chi connectivity index (χ0n) is 29.1. The second kappa shape index (κ2) is 15.4. The number of tetrazole rings is 1. The predicted molar refractivity (Wildman–Crippen MR) is 184 cm³/mol. The molecular formula is C28H39N11O9S3. The van der Waals surface area contributed by atoms with Crippen LogP contribution in [-0.2, 0) is 40.0 Å². The molecule has 2 aromatic rings. The first-order chi connectivity index (χ1) is 23.7. The molecule has 0 bridgehead atoms. The van der Waals surface area contributed by atoms with E-state index in [-0.39, 0.29) is 41.2 Å². The van der Waals surface area contributed by atoms with Crippen LogP contribution in [0.25, 0.3) is 0 Å². The van der Waals surface area contributed by atoms with Gasteiger partial charge < -0.3 is 35.8 Å². The van der Waals surface area contributed by atoms with Gasteiger partial charge in [0.25, 0.3) is 11.8 Å². The van der Waals surface area contributed by atoms with E-state index >= 15 is 0 Å². The minimum atomic E-state index is -1.63. The molecule has 2 aliphatic heterocycles. The van der Waals surface area contributed by atoms with Crippen molar-refractivity contribution in [1.82, 2.24) is 45.1 Å². The number of aromatic nitrogens is 6. The molecule has 51 heavy (non-hydrogen) atoms. The Morgan fingerprint density at radius 3 is 2.39 bits per heavy atom. The van der Waals surface area contributed by atoms with E-state index in [1.165, 1.54) is 30.3 Å². The van der Waals surface area contributed by atoms with Crippen molar-refractivity contribution >= 4 is 75.7 Å². The monoisotopic (exact) mass is 769 g/mol. The topological polar surface area (TPSA) is 268 Å². The lowest BCUT2D eigenvalue weighted by molar-refractivity contribution is -0.179. The molecule has 278 valence electrons. The predicted octanol–water partition coefficient (Wildman–Crippen LogP) is 1.00. The first kappa shape index (κ1) is 39.3. The number of nitrogens with two attached hydrogens (primary N) is 1. The number of carbonyl (C=O) groups excluding carboxylic acids is 4. The van der Waals surface area contributed by atoms with Crippen LogP contribution in [0.3, 0.4) is 0 Å². The molecule has 3 amide bonds. The smallest absolute Gasteiger partial charge is 0.407 e. The number of carbonyl (C=O) groups is 5. The summed E-state index contributed by atoms with van der Waals surface area (Å²) >= 11 is 3.20. The molecule has 2 aliphatic rings. The van der Waals surface area contributed by atoms with Gasteiger partial charge >= 0.3 is 18.0 Å². The maximum absolute atomic E-state index is 13.5. The molecule has 5 N–H and O–H groups in total. The Balaban J connectivity index is 1.43. The SMILES string of the molecule is CC(C)(C)OC(=O)NCCn1nnnc1SCC1=C(C(=O)O)N2C(=O)C(NC(=O)C(=NOC(C)(C)C(=O)OC(C)(C)C)c3nsc(N)n3)[C@H]2SC1. The molecular weight excluding hydrogens is 731 g/mol. The number of carboxylic acid groups (broad SMARTS) is 1. The highest BCUT2D eigenvalue weighted by atomic mass is 32.2. The van der Waals surface area contributed by atoms with E-state index in [4.69, 9.17) is 20.0 Å². The summed E-state index contributed by atoms with van der Waals surface area (Å²) in [6.07, 6.45) is -0.591. The van der Waals surface area contributed by atoms with E-state index < -0.39 is 63.8 Å². The quantitative estimate of drug-likeness (QED) is 0.0728. The van der Waals surface area contributed by atoms with Gasteiger partial charge in [0.05, 0.1) is 6.54 Å². The van der Waals surface area contributed by atoms with Crippen LogP contribution in [0.1, 0.15) is 61.2 Å². The van der Waals surface area contributed by atoms with Gasteiger partial charge in [-0.15, -0.1) is 16.9 Å². The fraction of sp³-hybridized carbons (Fsp3) is 0.607. The number of thioether (sulfide) groups is 2. The third kappa shape index (κ3) is 10.1. The number of nitrogens with one attached hydrogen (secondary N) is 2. The third-order valence-corrected chi connectivity index (χ3v) is 9.45. The van der Waals surface area contributed by atoms with Crippen LogP contribution in [-0.4, -0.2) is 121 Å². The average Bonchev–Trinajstić information content (AvgIpc) is 3.64. The number of alkyl carbamates (subject to hydrolysis) is 1. The van der Waals surface area contributed by atoms with Crippen molar-refractivity contribution in [3.8, 4) is 0 Å². The van der Waals surface area contributed by atoms with E-state index in [9.17, 15) is 29.1 Å². The standard InChI is InChI=1S/C28H39N11O9S3/c1-26(2,3)46-22(44)28(7,8)48-34-14(17-32-23(29)51-35-17)18(40)31-15-19(41)39-16(21(42)43)13(11-49-20(15)39)12-50-24-33-36-37-38(24)10-9-30-25(45)47-27(4,5)6/h15,20H,9-12H2,1-8H3,(H,30,45)(H,31,40)(H,42,43)(H2,29,32,35)/t15?,20-/m1/s1. The number of esters is 1. The zero-order valence-corrected chi connectivity index (χ0v) is 31.5. The summed E-state index contributed by atoms with van der Waals surface area (Å²) < 4.78 is 16.0. The van der Waals surface area contributed by atoms with Gasteiger partial charge in [-0.25, -0.2) is 19.1 Å². The Hall–Kier alpha value is -4.51. The summed E-state index contributed by atoms with van der Waals surface area (Å²) in [5, 5.41) is 30.4. The van der Waals surface area contributed by atoms with Crippen LogP contribution >= 0.6 is 35.1 Å². The summed E-state index contributed by atoms with van der Waals surface area (Å²) in [5.41, 5.74) is 2.39. The summed E-state index contributed by atoms with van der Waals surface area (Å²) in [5.74, 6) is -3.50. The molecule has 20 nitrogen and oxygen atoms in total. The molecule has 2 aromatic heterocycles. The minimum absolute atomic E-state index is 0.0266. The van der Waals surface area contributed by atoms with Crippen molar-refractivity contribution in [3.63, 3.8) is 0 Å². The van der Waals surface area contributed by atoms with Gasteiger partial charge in [-0.2, -0.15) is 9.36 Å². The number of fused-ring (bicyclic) bond motifs is 1. The van der Waals surface area contributed by atoms with Gasteiger partial charge in [0.15, 0.2) is 5.13 Å². The normalized spacial score (nSPS) is 18.1. The number of aliphatic carboxylic acids is 1. The third-order valence-electron chi connectivity index (χ3n) is 6.53. The highest BCUT2D eigenvalue weighted by molar-refractivity contribution is 8.01. The first-order valence-corrected chi connectivity index (χ1v) is 18.1. The number of anilines is 1. The lowest BCUT2D eigenvalue weighted by atomic mass is 10.0. The fourth-order valence-corrected chi connectivity index (χ4v) is 7.11. The van der Waals surface area contributed by atoms with E-state index in [2.05, 4.69) is 40.7 Å². The number of oxime groups is 1. The highest BCUT2D eigenvalue weighted by Gasteiger charge is 2.54. The Labute approximate surface area is 304 Å². The molecule has 1 saturated heterocycles. The fourth-order valence-electron chi connectivity index (χ4n) is 4.29. The van der Waals surface area contributed by atoms with Crippen LogP contribution in [0.2, 0.25) is 0 Å². The van der Waals surface area contributed by atoms with Crippen molar-refractivity contribution in [3.05, 3.63) is 17.1 Å². The van der Waals surface area contributed by atoms with Crippen molar-refractivity contribution in [2.75, 3.05) is 23.8 Å². The van der Waals surface area contributed by atoms with Crippen LogP contribution in [0.5, 0.6) is 0 Å². The molecule has 4 rings (SSSR count). The number of amides is 3. The number of nitrogen functional groups attached to an aromatic ring is 1. The van der Waals surface area contributed by atoms with Crippen LogP contribution < -0.4 is 16.4 Å². The van der Waals surface area contributed by atoms with Crippen molar-refractivity contribution < 1.29 is 43.4 Å². The lowest BCUT2D eigenvalue weighted by Gasteiger charge is -2.49. The lowest BCUT2D eigenvalue weighted by Crippen LogP contribution is -2.71. The summed E-state index contributed by atoms with van der Waals surface area (Å²) in [7, 11) is 0. The van der Waals surface area contributed by atoms with E-state index in [1.54, 1.807) is 41.5 Å².